The highest BCUT2D eigenvalue weighted by molar-refractivity contribution is 5.81. The second kappa shape index (κ2) is 6.89. The Kier molecular flexibility index (Phi) is 5.81. The van der Waals surface area contributed by atoms with Gasteiger partial charge in [-0.15, -0.1) is 0 Å². The van der Waals surface area contributed by atoms with Crippen LogP contribution in [0.3, 0.4) is 0 Å². The Labute approximate surface area is 99.4 Å². The Hall–Kier alpha value is -0.570. The van der Waals surface area contributed by atoms with Crippen molar-refractivity contribution >= 4 is 5.91 Å². The van der Waals surface area contributed by atoms with Gasteiger partial charge in [-0.3, -0.25) is 4.79 Å². The lowest BCUT2D eigenvalue weighted by atomic mass is 10.1. The summed E-state index contributed by atoms with van der Waals surface area (Å²) in [5, 5.41) is 6.35. The van der Waals surface area contributed by atoms with Crippen LogP contribution in [0.1, 0.15) is 52.9 Å². The van der Waals surface area contributed by atoms with Gasteiger partial charge in [0.1, 0.15) is 0 Å². The molecule has 1 saturated carbocycles. The Morgan fingerprint density at radius 3 is 2.50 bits per heavy atom. The molecule has 2 unspecified atom stereocenters. The minimum atomic E-state index is -0.0606. The smallest absolute Gasteiger partial charge is 0.237 e. The van der Waals surface area contributed by atoms with Crippen molar-refractivity contribution in [3.63, 3.8) is 0 Å². The molecular weight excluding hydrogens is 200 g/mol. The lowest BCUT2D eigenvalue weighted by Gasteiger charge is -2.19. The number of hydrogen-bond donors (Lipinski definition) is 2. The zero-order valence-corrected chi connectivity index (χ0v) is 10.9. The number of rotatable bonds is 6. The van der Waals surface area contributed by atoms with E-state index in [-0.39, 0.29) is 18.0 Å². The summed E-state index contributed by atoms with van der Waals surface area (Å²) in [6, 6.07) is 0.220. The third-order valence-corrected chi connectivity index (χ3v) is 3.58. The van der Waals surface area contributed by atoms with E-state index in [1.807, 2.05) is 13.8 Å². The van der Waals surface area contributed by atoms with Crippen LogP contribution < -0.4 is 10.6 Å². The Balaban J connectivity index is 2.17. The number of nitrogens with one attached hydrogen (secondary N) is 2. The first-order valence-corrected chi connectivity index (χ1v) is 6.67. The maximum Gasteiger partial charge on any atom is 0.237 e. The van der Waals surface area contributed by atoms with Crippen LogP contribution in [0.4, 0.5) is 0 Å². The summed E-state index contributed by atoms with van der Waals surface area (Å²) in [6.07, 6.45) is 6.36. The van der Waals surface area contributed by atoms with Crippen LogP contribution in [0.15, 0.2) is 0 Å². The van der Waals surface area contributed by atoms with Gasteiger partial charge in [-0.05, 0) is 45.6 Å². The maximum absolute atomic E-state index is 11.7. The van der Waals surface area contributed by atoms with Gasteiger partial charge in [-0.2, -0.15) is 0 Å². The Morgan fingerprint density at radius 1 is 1.31 bits per heavy atom. The van der Waals surface area contributed by atoms with Crippen LogP contribution in [-0.2, 0) is 4.79 Å². The van der Waals surface area contributed by atoms with Gasteiger partial charge in [-0.1, -0.05) is 19.8 Å². The normalized spacial score (nSPS) is 20.7. The van der Waals surface area contributed by atoms with E-state index < -0.39 is 0 Å². The molecule has 1 rings (SSSR count). The van der Waals surface area contributed by atoms with Crippen molar-refractivity contribution in [2.45, 2.75) is 65.0 Å². The predicted molar refractivity (Wildman–Crippen MR) is 67.3 cm³/mol. The predicted octanol–water partition coefficient (Wildman–Crippen LogP) is 2.07. The average Bonchev–Trinajstić information content (AvgIpc) is 2.78. The SMILES string of the molecule is CCC(C)NC(=O)C(C)NCC1CCCC1. The second-order valence-electron chi connectivity index (χ2n) is 5.10. The average molecular weight is 226 g/mol. The number of amides is 1. The second-order valence-corrected chi connectivity index (χ2v) is 5.10. The van der Waals surface area contributed by atoms with Crippen LogP contribution in [0.25, 0.3) is 0 Å². The van der Waals surface area contributed by atoms with Crippen LogP contribution >= 0.6 is 0 Å². The quantitative estimate of drug-likeness (QED) is 0.728. The van der Waals surface area contributed by atoms with Crippen molar-refractivity contribution in [1.82, 2.24) is 10.6 Å². The highest BCUT2D eigenvalue weighted by atomic mass is 16.2. The fourth-order valence-corrected chi connectivity index (χ4v) is 2.12. The minimum absolute atomic E-state index is 0.0606. The number of carbonyl (C=O) groups is 1. The lowest BCUT2D eigenvalue weighted by molar-refractivity contribution is -0.123. The zero-order valence-electron chi connectivity index (χ0n) is 10.9. The topological polar surface area (TPSA) is 41.1 Å². The van der Waals surface area contributed by atoms with Crippen LogP contribution in [-0.4, -0.2) is 24.5 Å². The number of carbonyl (C=O) groups excluding carboxylic acids is 1. The molecule has 0 radical (unpaired) electrons. The molecule has 0 aromatic heterocycles. The fourth-order valence-electron chi connectivity index (χ4n) is 2.12. The third-order valence-electron chi connectivity index (χ3n) is 3.58. The lowest BCUT2D eigenvalue weighted by Crippen LogP contribution is -2.46. The van der Waals surface area contributed by atoms with Gasteiger partial charge in [0.2, 0.25) is 5.91 Å². The molecule has 2 atom stereocenters. The summed E-state index contributed by atoms with van der Waals surface area (Å²) in [7, 11) is 0. The van der Waals surface area contributed by atoms with E-state index in [2.05, 4.69) is 17.6 Å². The summed E-state index contributed by atoms with van der Waals surface area (Å²) in [5.74, 6) is 0.922. The van der Waals surface area contributed by atoms with E-state index in [4.69, 9.17) is 0 Å². The molecule has 0 saturated heterocycles. The molecule has 0 aliphatic heterocycles. The molecule has 0 heterocycles. The van der Waals surface area contributed by atoms with Crippen LogP contribution in [0.2, 0.25) is 0 Å². The highest BCUT2D eigenvalue weighted by Crippen LogP contribution is 2.23. The molecular formula is C13H26N2O. The van der Waals surface area contributed by atoms with E-state index >= 15 is 0 Å². The summed E-state index contributed by atoms with van der Waals surface area (Å²) in [5.41, 5.74) is 0. The Bertz CT molecular complexity index is 212. The summed E-state index contributed by atoms with van der Waals surface area (Å²) in [4.78, 5) is 11.7. The molecule has 0 spiro atoms. The van der Waals surface area contributed by atoms with E-state index in [9.17, 15) is 4.79 Å². The molecule has 3 nitrogen and oxygen atoms in total. The van der Waals surface area contributed by atoms with Crippen LogP contribution in [0.5, 0.6) is 0 Å². The van der Waals surface area contributed by atoms with E-state index in [0.29, 0.717) is 0 Å². The molecule has 1 aliphatic rings. The minimum Gasteiger partial charge on any atom is -0.352 e. The molecule has 94 valence electrons. The van der Waals surface area contributed by atoms with Crippen molar-refractivity contribution in [2.75, 3.05) is 6.54 Å². The standard InChI is InChI=1S/C13H26N2O/c1-4-10(2)15-13(16)11(3)14-9-12-7-5-6-8-12/h10-12,14H,4-9H2,1-3H3,(H,15,16). The fraction of sp³-hybridized carbons (Fsp3) is 0.923. The van der Waals surface area contributed by atoms with Crippen molar-refractivity contribution in [3.8, 4) is 0 Å². The number of hydrogen-bond acceptors (Lipinski definition) is 2. The summed E-state index contributed by atoms with van der Waals surface area (Å²) in [6.45, 7) is 7.07. The monoisotopic (exact) mass is 226 g/mol. The molecule has 0 aromatic carbocycles. The highest BCUT2D eigenvalue weighted by Gasteiger charge is 2.18. The molecule has 1 amide bonds. The molecule has 16 heavy (non-hydrogen) atoms. The first-order valence-electron chi connectivity index (χ1n) is 6.67. The van der Waals surface area contributed by atoms with Gasteiger partial charge in [0.15, 0.2) is 0 Å². The molecule has 1 fully saturated rings. The van der Waals surface area contributed by atoms with Gasteiger partial charge in [0.05, 0.1) is 6.04 Å². The first kappa shape index (κ1) is 13.5. The largest absolute Gasteiger partial charge is 0.352 e. The molecule has 2 N–H and O–H groups in total. The van der Waals surface area contributed by atoms with Crippen molar-refractivity contribution in [1.29, 1.82) is 0 Å². The van der Waals surface area contributed by atoms with Gasteiger partial charge in [0.25, 0.3) is 0 Å². The van der Waals surface area contributed by atoms with E-state index in [0.717, 1.165) is 18.9 Å². The van der Waals surface area contributed by atoms with E-state index in [1.54, 1.807) is 0 Å². The molecule has 0 bridgehead atoms. The van der Waals surface area contributed by atoms with E-state index in [1.165, 1.54) is 25.7 Å². The van der Waals surface area contributed by atoms with Crippen molar-refractivity contribution in [3.05, 3.63) is 0 Å². The van der Waals surface area contributed by atoms with Gasteiger partial charge < -0.3 is 10.6 Å². The summed E-state index contributed by atoms with van der Waals surface area (Å²) >= 11 is 0. The third kappa shape index (κ3) is 4.52. The van der Waals surface area contributed by atoms with Crippen molar-refractivity contribution < 1.29 is 4.79 Å². The molecule has 1 aliphatic carbocycles. The van der Waals surface area contributed by atoms with Crippen LogP contribution in [0, 0.1) is 5.92 Å². The van der Waals surface area contributed by atoms with Gasteiger partial charge in [-0.25, -0.2) is 0 Å². The molecule has 3 heteroatoms. The zero-order chi connectivity index (χ0) is 12.0. The molecule has 0 aromatic rings. The summed E-state index contributed by atoms with van der Waals surface area (Å²) < 4.78 is 0. The van der Waals surface area contributed by atoms with Gasteiger partial charge >= 0.3 is 0 Å². The van der Waals surface area contributed by atoms with Gasteiger partial charge in [0, 0.05) is 6.04 Å². The Morgan fingerprint density at radius 2 is 1.94 bits per heavy atom. The van der Waals surface area contributed by atoms with Crippen molar-refractivity contribution in [2.24, 2.45) is 5.92 Å². The maximum atomic E-state index is 11.7. The first-order chi connectivity index (χ1) is 7.63.